The molecule has 0 spiro atoms. The zero-order chi connectivity index (χ0) is 15.1. The van der Waals surface area contributed by atoms with Crippen molar-refractivity contribution in [3.63, 3.8) is 0 Å². The number of halogens is 1. The van der Waals surface area contributed by atoms with Gasteiger partial charge in [-0.05, 0) is 24.6 Å². The van der Waals surface area contributed by atoms with Gasteiger partial charge in [0, 0.05) is 12.1 Å². The van der Waals surface area contributed by atoms with Crippen LogP contribution in [0.1, 0.15) is 23.7 Å². The molecule has 20 heavy (non-hydrogen) atoms. The maximum Gasteiger partial charge on any atom is 0.254 e. The third-order valence-electron chi connectivity index (χ3n) is 2.66. The van der Waals surface area contributed by atoms with E-state index in [9.17, 15) is 9.18 Å². The van der Waals surface area contributed by atoms with Crippen LogP contribution >= 0.6 is 0 Å². The van der Waals surface area contributed by atoms with Gasteiger partial charge >= 0.3 is 0 Å². The molecule has 1 aromatic rings. The van der Waals surface area contributed by atoms with Crippen molar-refractivity contribution in [2.75, 3.05) is 20.2 Å². The van der Waals surface area contributed by atoms with Gasteiger partial charge in [-0.3, -0.25) is 4.79 Å². The summed E-state index contributed by atoms with van der Waals surface area (Å²) < 4.78 is 18.4. The number of hydrogen-bond acceptors (Lipinski definition) is 4. The Labute approximate surface area is 116 Å². The molecule has 1 aromatic carbocycles. The molecule has 0 aliphatic heterocycles. The number of rotatable bonds is 6. The third-order valence-corrected chi connectivity index (χ3v) is 2.66. The number of oxime groups is 1. The maximum atomic E-state index is 13.6. The average molecular weight is 283 g/mol. The summed E-state index contributed by atoms with van der Waals surface area (Å²) >= 11 is 0. The summed E-state index contributed by atoms with van der Waals surface area (Å²) in [5.74, 6) is -1.01. The number of nitrogens with zero attached hydrogens (tertiary/aromatic N) is 2. The third kappa shape index (κ3) is 3.84. The smallest absolute Gasteiger partial charge is 0.254 e. The number of benzene rings is 1. The molecule has 1 amide bonds. The molecule has 1 rings (SSSR count). The van der Waals surface area contributed by atoms with Crippen LogP contribution in [0.2, 0.25) is 0 Å². The Hall–Kier alpha value is -2.31. The molecule has 0 atom stereocenters. The quantitative estimate of drug-likeness (QED) is 0.358. The standard InChI is InChI=1S/C13H18FN3O3/c1-3-6-17(8-12(15)16-19)13(18)9-4-5-11(20-2)10(14)7-9/h4-5,7,19H,3,6,8H2,1-2H3,(H2,15,16). The summed E-state index contributed by atoms with van der Waals surface area (Å²) in [5.41, 5.74) is 5.59. The van der Waals surface area contributed by atoms with Gasteiger partial charge < -0.3 is 20.6 Å². The molecule has 7 heteroatoms. The fourth-order valence-electron chi connectivity index (χ4n) is 1.73. The number of amidine groups is 1. The second-order valence-electron chi connectivity index (χ2n) is 4.17. The average Bonchev–Trinajstić information content (AvgIpc) is 2.45. The summed E-state index contributed by atoms with van der Waals surface area (Å²) in [7, 11) is 1.35. The molecule has 0 saturated carbocycles. The zero-order valence-electron chi connectivity index (χ0n) is 11.5. The number of hydrogen-bond donors (Lipinski definition) is 2. The van der Waals surface area contributed by atoms with Gasteiger partial charge in [0.15, 0.2) is 17.4 Å². The van der Waals surface area contributed by atoms with E-state index >= 15 is 0 Å². The minimum atomic E-state index is -0.612. The number of carbonyl (C=O) groups is 1. The lowest BCUT2D eigenvalue weighted by Crippen LogP contribution is -2.39. The van der Waals surface area contributed by atoms with E-state index in [4.69, 9.17) is 15.7 Å². The molecular weight excluding hydrogens is 265 g/mol. The van der Waals surface area contributed by atoms with Gasteiger partial charge in [0.25, 0.3) is 5.91 Å². The molecule has 0 aromatic heterocycles. The number of carbonyl (C=O) groups excluding carboxylic acids is 1. The van der Waals surface area contributed by atoms with Crippen LogP contribution < -0.4 is 10.5 Å². The summed E-state index contributed by atoms with van der Waals surface area (Å²) in [5, 5.41) is 11.4. The normalized spacial score (nSPS) is 11.2. The molecule has 0 fully saturated rings. The monoisotopic (exact) mass is 283 g/mol. The Kier molecular flexibility index (Phi) is 5.76. The van der Waals surface area contributed by atoms with Crippen LogP contribution in [0.3, 0.4) is 0 Å². The number of methoxy groups -OCH3 is 1. The number of amides is 1. The molecule has 6 nitrogen and oxygen atoms in total. The van der Waals surface area contributed by atoms with E-state index in [1.165, 1.54) is 24.1 Å². The molecule has 0 heterocycles. The summed E-state index contributed by atoms with van der Waals surface area (Å²) in [6.07, 6.45) is 0.698. The highest BCUT2D eigenvalue weighted by atomic mass is 19.1. The van der Waals surface area contributed by atoms with Gasteiger partial charge in [-0.2, -0.15) is 0 Å². The van der Waals surface area contributed by atoms with Crippen LogP contribution in [0.4, 0.5) is 4.39 Å². The fraction of sp³-hybridized carbons (Fsp3) is 0.385. The van der Waals surface area contributed by atoms with Crippen molar-refractivity contribution >= 4 is 11.7 Å². The molecule has 0 saturated heterocycles. The van der Waals surface area contributed by atoms with E-state index in [0.717, 1.165) is 6.07 Å². The Morgan fingerprint density at radius 2 is 2.25 bits per heavy atom. The highest BCUT2D eigenvalue weighted by Crippen LogP contribution is 2.18. The van der Waals surface area contributed by atoms with Crippen LogP contribution in [0.25, 0.3) is 0 Å². The van der Waals surface area contributed by atoms with E-state index < -0.39 is 5.82 Å². The molecule has 0 radical (unpaired) electrons. The van der Waals surface area contributed by atoms with Gasteiger partial charge in [-0.1, -0.05) is 12.1 Å². The molecule has 3 N–H and O–H groups in total. The SMILES string of the molecule is CCCN(CC(N)=NO)C(=O)c1ccc(OC)c(F)c1. The minimum absolute atomic E-state index is 0.0170. The van der Waals surface area contributed by atoms with Crippen molar-refractivity contribution in [1.29, 1.82) is 0 Å². The van der Waals surface area contributed by atoms with Crippen molar-refractivity contribution in [3.05, 3.63) is 29.6 Å². The van der Waals surface area contributed by atoms with Gasteiger partial charge in [-0.25, -0.2) is 4.39 Å². The van der Waals surface area contributed by atoms with E-state index in [0.29, 0.717) is 13.0 Å². The lowest BCUT2D eigenvalue weighted by atomic mass is 10.1. The topological polar surface area (TPSA) is 88.1 Å². The van der Waals surface area contributed by atoms with Crippen molar-refractivity contribution in [2.24, 2.45) is 10.9 Å². The molecule has 0 aliphatic carbocycles. The van der Waals surface area contributed by atoms with Crippen LogP contribution in [-0.2, 0) is 0 Å². The van der Waals surface area contributed by atoms with Crippen LogP contribution in [0, 0.1) is 5.82 Å². The Morgan fingerprint density at radius 3 is 2.75 bits per heavy atom. The molecule has 0 bridgehead atoms. The number of ether oxygens (including phenoxy) is 1. The lowest BCUT2D eigenvalue weighted by molar-refractivity contribution is 0.0777. The first-order valence-electron chi connectivity index (χ1n) is 6.12. The van der Waals surface area contributed by atoms with E-state index in [-0.39, 0.29) is 29.6 Å². The Bertz CT molecular complexity index is 506. The first kappa shape index (κ1) is 15.7. The summed E-state index contributed by atoms with van der Waals surface area (Å²) in [4.78, 5) is 13.6. The minimum Gasteiger partial charge on any atom is -0.494 e. The summed E-state index contributed by atoms with van der Waals surface area (Å²) in [6, 6.07) is 3.96. The highest BCUT2D eigenvalue weighted by Gasteiger charge is 2.18. The molecule has 110 valence electrons. The Balaban J connectivity index is 2.96. The predicted octanol–water partition coefficient (Wildman–Crippen LogP) is 1.43. The van der Waals surface area contributed by atoms with Crippen LogP contribution in [-0.4, -0.2) is 42.0 Å². The van der Waals surface area contributed by atoms with Crippen LogP contribution in [0.15, 0.2) is 23.4 Å². The second-order valence-corrected chi connectivity index (χ2v) is 4.17. The Morgan fingerprint density at radius 1 is 1.55 bits per heavy atom. The lowest BCUT2D eigenvalue weighted by Gasteiger charge is -2.21. The van der Waals surface area contributed by atoms with Crippen molar-refractivity contribution < 1.29 is 19.1 Å². The maximum absolute atomic E-state index is 13.6. The first-order valence-corrected chi connectivity index (χ1v) is 6.12. The van der Waals surface area contributed by atoms with Gasteiger partial charge in [0.2, 0.25) is 0 Å². The largest absolute Gasteiger partial charge is 0.494 e. The molecular formula is C13H18FN3O3. The first-order chi connectivity index (χ1) is 9.53. The summed E-state index contributed by atoms with van der Waals surface area (Å²) in [6.45, 7) is 2.29. The second kappa shape index (κ2) is 7.32. The van der Waals surface area contributed by atoms with Gasteiger partial charge in [0.05, 0.1) is 13.7 Å². The zero-order valence-corrected chi connectivity index (χ0v) is 11.5. The van der Waals surface area contributed by atoms with Gasteiger partial charge in [-0.15, -0.1) is 0 Å². The van der Waals surface area contributed by atoms with Gasteiger partial charge in [0.1, 0.15) is 0 Å². The number of nitrogens with two attached hydrogens (primary N) is 1. The van der Waals surface area contributed by atoms with Crippen molar-refractivity contribution in [1.82, 2.24) is 4.90 Å². The predicted molar refractivity (Wildman–Crippen MR) is 72.6 cm³/mol. The van der Waals surface area contributed by atoms with Crippen LogP contribution in [0.5, 0.6) is 5.75 Å². The van der Waals surface area contributed by atoms with E-state index in [2.05, 4.69) is 5.16 Å². The fourth-order valence-corrected chi connectivity index (χ4v) is 1.73. The van der Waals surface area contributed by atoms with E-state index in [1.807, 2.05) is 6.92 Å². The van der Waals surface area contributed by atoms with Crippen molar-refractivity contribution in [2.45, 2.75) is 13.3 Å². The molecule has 0 unspecified atom stereocenters. The van der Waals surface area contributed by atoms with E-state index in [1.54, 1.807) is 0 Å². The highest BCUT2D eigenvalue weighted by molar-refractivity contribution is 5.97. The molecule has 0 aliphatic rings. The van der Waals surface area contributed by atoms with Crippen molar-refractivity contribution in [3.8, 4) is 5.75 Å².